The Morgan fingerprint density at radius 3 is 2.81 bits per heavy atom. The second-order valence-electron chi connectivity index (χ2n) is 8.21. The molecule has 1 amide bonds. The SMILES string of the molecule is Cc1[nH]c(S(=O)(=O)N[C@@H]2COc3cc(F)c(Cl)cc3C2)cc1C(=O)N1CC(C)(C#N)C1. The summed E-state index contributed by atoms with van der Waals surface area (Å²) in [6.07, 6.45) is 0.278. The Bertz CT molecular complexity index is 1210. The van der Waals surface area contributed by atoms with E-state index < -0.39 is 27.3 Å². The van der Waals surface area contributed by atoms with Crippen LogP contribution in [0, 0.1) is 29.5 Å². The molecule has 2 aliphatic rings. The number of nitrogens with zero attached hydrogens (tertiary/aromatic N) is 2. The molecular formula is C20H20ClFN4O4S. The highest BCUT2D eigenvalue weighted by Gasteiger charge is 2.42. The van der Waals surface area contributed by atoms with Crippen LogP contribution >= 0.6 is 11.6 Å². The molecular weight excluding hydrogens is 447 g/mol. The average molecular weight is 467 g/mol. The summed E-state index contributed by atoms with van der Waals surface area (Å²) in [5, 5.41) is 8.91. The maximum absolute atomic E-state index is 13.6. The predicted octanol–water partition coefficient (Wildman–Crippen LogP) is 2.38. The van der Waals surface area contributed by atoms with E-state index in [0.29, 0.717) is 30.1 Å². The zero-order chi connectivity index (χ0) is 22.6. The van der Waals surface area contributed by atoms with Crippen molar-refractivity contribution < 1.29 is 22.3 Å². The number of hydrogen-bond acceptors (Lipinski definition) is 5. The van der Waals surface area contributed by atoms with Gasteiger partial charge in [0, 0.05) is 24.8 Å². The maximum Gasteiger partial charge on any atom is 0.256 e. The van der Waals surface area contributed by atoms with Crippen LogP contribution in [-0.4, -0.2) is 49.9 Å². The monoisotopic (exact) mass is 466 g/mol. The number of sulfonamides is 1. The number of nitriles is 1. The molecule has 0 saturated carbocycles. The van der Waals surface area contributed by atoms with Crippen LogP contribution in [0.3, 0.4) is 0 Å². The number of halogens is 2. The number of rotatable bonds is 4. The fourth-order valence-corrected chi connectivity index (χ4v) is 5.28. The zero-order valence-electron chi connectivity index (χ0n) is 16.8. The predicted molar refractivity (Wildman–Crippen MR) is 110 cm³/mol. The second kappa shape index (κ2) is 7.51. The van der Waals surface area contributed by atoms with E-state index in [2.05, 4.69) is 15.8 Å². The summed E-state index contributed by atoms with van der Waals surface area (Å²) in [7, 11) is -3.97. The van der Waals surface area contributed by atoms with Crippen molar-refractivity contribution in [1.82, 2.24) is 14.6 Å². The van der Waals surface area contributed by atoms with E-state index >= 15 is 0 Å². The summed E-state index contributed by atoms with van der Waals surface area (Å²) in [6, 6.07) is 5.48. The minimum absolute atomic E-state index is 0.0271. The third kappa shape index (κ3) is 4.01. The van der Waals surface area contributed by atoms with Crippen LogP contribution in [-0.2, 0) is 16.4 Å². The molecule has 2 aliphatic heterocycles. The van der Waals surface area contributed by atoms with E-state index in [0.717, 1.165) is 0 Å². The van der Waals surface area contributed by atoms with Gasteiger partial charge in [-0.25, -0.2) is 17.5 Å². The maximum atomic E-state index is 13.6. The lowest BCUT2D eigenvalue weighted by atomic mass is 9.83. The summed E-state index contributed by atoms with van der Waals surface area (Å²) in [5.41, 5.74) is 0.692. The van der Waals surface area contributed by atoms with Crippen molar-refractivity contribution in [3.05, 3.63) is 45.9 Å². The minimum Gasteiger partial charge on any atom is -0.492 e. The van der Waals surface area contributed by atoms with Crippen LogP contribution < -0.4 is 9.46 Å². The highest BCUT2D eigenvalue weighted by Crippen LogP contribution is 2.32. The number of aromatic nitrogens is 1. The topological polar surface area (TPSA) is 115 Å². The van der Waals surface area contributed by atoms with Crippen molar-refractivity contribution in [2.45, 2.75) is 31.3 Å². The number of likely N-dealkylation sites (tertiary alicyclic amines) is 1. The van der Waals surface area contributed by atoms with Crippen molar-refractivity contribution in [2.24, 2.45) is 5.41 Å². The fourth-order valence-electron chi connectivity index (χ4n) is 3.81. The van der Waals surface area contributed by atoms with E-state index in [-0.39, 0.29) is 34.5 Å². The summed E-state index contributed by atoms with van der Waals surface area (Å²) in [5.74, 6) is -0.592. The number of ether oxygens (including phenoxy) is 1. The first-order chi connectivity index (χ1) is 14.5. The van der Waals surface area contributed by atoms with Gasteiger partial charge in [0.1, 0.15) is 23.2 Å². The molecule has 1 saturated heterocycles. The first-order valence-corrected chi connectivity index (χ1v) is 11.4. The van der Waals surface area contributed by atoms with Crippen LogP contribution in [0.15, 0.2) is 23.2 Å². The third-order valence-corrected chi connectivity index (χ3v) is 7.21. The van der Waals surface area contributed by atoms with Gasteiger partial charge >= 0.3 is 0 Å². The number of hydrogen-bond donors (Lipinski definition) is 2. The highest BCUT2D eigenvalue weighted by atomic mass is 35.5. The molecule has 4 rings (SSSR count). The van der Waals surface area contributed by atoms with Crippen LogP contribution in [0.25, 0.3) is 0 Å². The Labute approximate surface area is 184 Å². The van der Waals surface area contributed by atoms with Gasteiger partial charge in [0.25, 0.3) is 15.9 Å². The molecule has 8 nitrogen and oxygen atoms in total. The minimum atomic E-state index is -3.97. The standard InChI is InChI=1S/C20H20ClFN4O4S/c1-11-14(19(27)26-9-20(2,8-23)10-26)5-18(24-11)31(28,29)25-13-3-12-4-15(21)16(22)6-17(12)30-7-13/h4-6,13,24-25H,3,7,9-10H2,1-2H3/t13-/m0/s1. The molecule has 0 aliphatic carbocycles. The molecule has 2 aromatic rings. The smallest absolute Gasteiger partial charge is 0.256 e. The number of H-pyrrole nitrogens is 1. The average Bonchev–Trinajstić information content (AvgIpc) is 3.08. The highest BCUT2D eigenvalue weighted by molar-refractivity contribution is 7.89. The fraction of sp³-hybridized carbons (Fsp3) is 0.400. The summed E-state index contributed by atoms with van der Waals surface area (Å²) >= 11 is 5.81. The molecule has 3 heterocycles. The molecule has 164 valence electrons. The van der Waals surface area contributed by atoms with Gasteiger partial charge in [0.2, 0.25) is 0 Å². The quantitative estimate of drug-likeness (QED) is 0.717. The molecule has 0 unspecified atom stereocenters. The van der Waals surface area contributed by atoms with Gasteiger partial charge in [-0.1, -0.05) is 11.6 Å². The Morgan fingerprint density at radius 2 is 2.13 bits per heavy atom. The van der Waals surface area contributed by atoms with Gasteiger partial charge in [-0.2, -0.15) is 5.26 Å². The van der Waals surface area contributed by atoms with Crippen molar-refractivity contribution in [2.75, 3.05) is 19.7 Å². The molecule has 11 heteroatoms. The van der Waals surface area contributed by atoms with E-state index in [1.54, 1.807) is 13.8 Å². The van der Waals surface area contributed by atoms with E-state index in [1.165, 1.54) is 23.1 Å². The van der Waals surface area contributed by atoms with Crippen LogP contribution in [0.5, 0.6) is 5.75 Å². The molecule has 2 N–H and O–H groups in total. The number of carbonyl (C=O) groups excluding carboxylic acids is 1. The second-order valence-corrected chi connectivity index (χ2v) is 10.3. The first kappa shape index (κ1) is 21.6. The number of fused-ring (bicyclic) bond motifs is 1. The van der Waals surface area contributed by atoms with E-state index in [9.17, 15) is 17.6 Å². The van der Waals surface area contributed by atoms with Gasteiger partial charge in [-0.3, -0.25) is 4.79 Å². The molecule has 1 atom stereocenters. The molecule has 0 spiro atoms. The zero-order valence-corrected chi connectivity index (χ0v) is 18.4. The molecule has 1 aromatic carbocycles. The van der Waals surface area contributed by atoms with Crippen molar-refractivity contribution in [3.8, 4) is 11.8 Å². The Hall–Kier alpha value is -2.61. The van der Waals surface area contributed by atoms with Gasteiger partial charge in [0.15, 0.2) is 0 Å². The van der Waals surface area contributed by atoms with E-state index in [1.807, 2.05) is 0 Å². The van der Waals surface area contributed by atoms with Gasteiger partial charge in [-0.15, -0.1) is 0 Å². The molecule has 1 aromatic heterocycles. The van der Waals surface area contributed by atoms with Crippen molar-refractivity contribution in [3.63, 3.8) is 0 Å². The van der Waals surface area contributed by atoms with Gasteiger partial charge in [0.05, 0.1) is 28.1 Å². The molecule has 0 bridgehead atoms. The normalized spacial score (nSPS) is 19.7. The lowest BCUT2D eigenvalue weighted by molar-refractivity contribution is 0.0368. The summed E-state index contributed by atoms with van der Waals surface area (Å²) < 4.78 is 47.4. The van der Waals surface area contributed by atoms with Crippen molar-refractivity contribution in [1.29, 1.82) is 5.26 Å². The van der Waals surface area contributed by atoms with Crippen LogP contribution in [0.4, 0.5) is 4.39 Å². The first-order valence-electron chi connectivity index (χ1n) is 9.54. The molecule has 1 fully saturated rings. The molecule has 0 radical (unpaired) electrons. The third-order valence-electron chi connectivity index (χ3n) is 5.48. The van der Waals surface area contributed by atoms with Gasteiger partial charge < -0.3 is 14.6 Å². The number of aryl methyl sites for hydroxylation is 1. The molecule has 31 heavy (non-hydrogen) atoms. The van der Waals surface area contributed by atoms with Gasteiger partial charge in [-0.05, 0) is 38.0 Å². The van der Waals surface area contributed by atoms with E-state index in [4.69, 9.17) is 21.6 Å². The van der Waals surface area contributed by atoms with Crippen molar-refractivity contribution >= 4 is 27.5 Å². The number of nitrogens with one attached hydrogen (secondary N) is 2. The number of benzene rings is 1. The Kier molecular flexibility index (Phi) is 5.24. The summed E-state index contributed by atoms with van der Waals surface area (Å²) in [6.45, 7) is 4.02. The van der Waals surface area contributed by atoms with Crippen LogP contribution in [0.1, 0.15) is 28.5 Å². The number of carbonyl (C=O) groups is 1. The largest absolute Gasteiger partial charge is 0.492 e. The lowest BCUT2D eigenvalue weighted by Gasteiger charge is -2.43. The number of amides is 1. The Balaban J connectivity index is 1.49. The Morgan fingerprint density at radius 1 is 1.42 bits per heavy atom. The number of aromatic amines is 1. The summed E-state index contributed by atoms with van der Waals surface area (Å²) in [4.78, 5) is 17.0. The van der Waals surface area contributed by atoms with Crippen LogP contribution in [0.2, 0.25) is 5.02 Å². The lowest BCUT2D eigenvalue weighted by Crippen LogP contribution is -2.56.